The predicted octanol–water partition coefficient (Wildman–Crippen LogP) is 3.01. The molecule has 0 unspecified atom stereocenters. The minimum absolute atomic E-state index is 0.142. The Hall–Kier alpha value is -2.36. The van der Waals surface area contributed by atoms with Crippen LogP contribution in [0.3, 0.4) is 0 Å². The molecule has 0 aliphatic carbocycles. The van der Waals surface area contributed by atoms with Gasteiger partial charge in [0.05, 0.1) is 5.69 Å². The number of furan rings is 1. The Morgan fingerprint density at radius 1 is 1.21 bits per heavy atom. The van der Waals surface area contributed by atoms with Gasteiger partial charge in [0, 0.05) is 12.4 Å². The Morgan fingerprint density at radius 2 is 2.00 bits per heavy atom. The van der Waals surface area contributed by atoms with Crippen LogP contribution in [0.1, 0.15) is 27.5 Å². The monoisotopic (exact) mass is 254 g/mol. The summed E-state index contributed by atoms with van der Waals surface area (Å²) in [6, 6.07) is 9.40. The third kappa shape index (κ3) is 1.95. The highest BCUT2D eigenvalue weighted by Crippen LogP contribution is 2.22. The van der Waals surface area contributed by atoms with Crippen molar-refractivity contribution in [3.63, 3.8) is 0 Å². The number of hydrogen-bond acceptors (Lipinski definition) is 3. The van der Waals surface area contributed by atoms with Gasteiger partial charge in [-0.05, 0) is 38.1 Å². The average molecular weight is 254 g/mol. The van der Waals surface area contributed by atoms with Gasteiger partial charge in [-0.3, -0.25) is 9.48 Å². The van der Waals surface area contributed by atoms with Gasteiger partial charge in [-0.25, -0.2) is 0 Å². The van der Waals surface area contributed by atoms with Gasteiger partial charge in [0.15, 0.2) is 5.76 Å². The fourth-order valence-corrected chi connectivity index (χ4v) is 2.22. The highest BCUT2D eigenvalue weighted by atomic mass is 16.3. The molecule has 0 atom stereocenters. The first kappa shape index (κ1) is 11.7. The fourth-order valence-electron chi connectivity index (χ4n) is 2.22. The van der Waals surface area contributed by atoms with E-state index in [0.29, 0.717) is 11.5 Å². The van der Waals surface area contributed by atoms with Gasteiger partial charge in [0.25, 0.3) is 0 Å². The minimum Gasteiger partial charge on any atom is -0.453 e. The molecule has 3 aromatic rings. The third-order valence-electron chi connectivity index (χ3n) is 3.13. The second kappa shape index (κ2) is 4.09. The van der Waals surface area contributed by atoms with E-state index in [2.05, 4.69) is 5.10 Å². The Kier molecular flexibility index (Phi) is 2.52. The number of carbonyl (C=O) groups is 1. The Labute approximate surface area is 110 Å². The molecular formula is C15H14N2O2. The molecule has 0 saturated carbocycles. The average Bonchev–Trinajstić information content (AvgIpc) is 2.91. The van der Waals surface area contributed by atoms with Crippen molar-refractivity contribution in [2.24, 2.45) is 7.05 Å². The van der Waals surface area contributed by atoms with E-state index in [-0.39, 0.29) is 5.78 Å². The van der Waals surface area contributed by atoms with Crippen molar-refractivity contribution in [2.75, 3.05) is 0 Å². The van der Waals surface area contributed by atoms with E-state index in [1.165, 1.54) is 0 Å². The lowest BCUT2D eigenvalue weighted by atomic mass is 10.1. The summed E-state index contributed by atoms with van der Waals surface area (Å²) in [5, 5.41) is 5.13. The van der Waals surface area contributed by atoms with Crippen LogP contribution in [0.15, 0.2) is 34.7 Å². The van der Waals surface area contributed by atoms with Crippen molar-refractivity contribution in [1.29, 1.82) is 0 Å². The summed E-state index contributed by atoms with van der Waals surface area (Å²) < 4.78 is 7.19. The van der Waals surface area contributed by atoms with Gasteiger partial charge in [0.1, 0.15) is 11.3 Å². The number of benzene rings is 1. The molecule has 0 aliphatic rings. The first-order chi connectivity index (χ1) is 9.04. The number of fused-ring (bicyclic) bond motifs is 1. The van der Waals surface area contributed by atoms with E-state index in [0.717, 1.165) is 22.2 Å². The van der Waals surface area contributed by atoms with Crippen molar-refractivity contribution in [2.45, 2.75) is 13.8 Å². The van der Waals surface area contributed by atoms with Crippen molar-refractivity contribution >= 4 is 16.8 Å². The molecule has 0 aliphatic heterocycles. The zero-order valence-corrected chi connectivity index (χ0v) is 11.1. The maximum absolute atomic E-state index is 12.4. The molecule has 0 saturated heterocycles. The zero-order chi connectivity index (χ0) is 13.6. The lowest BCUT2D eigenvalue weighted by molar-refractivity contribution is 0.100. The van der Waals surface area contributed by atoms with Gasteiger partial charge in [0.2, 0.25) is 5.78 Å². The number of carbonyl (C=O) groups excluding carboxylic acids is 1. The van der Waals surface area contributed by atoms with E-state index in [1.54, 1.807) is 23.9 Å². The molecule has 0 amide bonds. The SMILES string of the molecule is Cc1ccc2oc(C(=O)c3cc(C)nn3C)cc2c1. The number of nitrogens with zero attached hydrogens (tertiary/aromatic N) is 2. The molecule has 0 N–H and O–H groups in total. The van der Waals surface area contributed by atoms with Crippen molar-refractivity contribution in [3.8, 4) is 0 Å². The Bertz CT molecular complexity index is 781. The maximum Gasteiger partial charge on any atom is 0.246 e. The summed E-state index contributed by atoms with van der Waals surface area (Å²) in [5.74, 6) is 0.209. The van der Waals surface area contributed by atoms with Gasteiger partial charge >= 0.3 is 0 Å². The molecule has 1 aromatic carbocycles. The number of ketones is 1. The highest BCUT2D eigenvalue weighted by molar-refractivity contribution is 6.08. The van der Waals surface area contributed by atoms with Crippen LogP contribution >= 0.6 is 0 Å². The summed E-state index contributed by atoms with van der Waals surface area (Å²) in [6.45, 7) is 3.87. The van der Waals surface area contributed by atoms with Crippen molar-refractivity contribution in [3.05, 3.63) is 53.0 Å². The van der Waals surface area contributed by atoms with E-state index < -0.39 is 0 Å². The quantitative estimate of drug-likeness (QED) is 0.660. The smallest absolute Gasteiger partial charge is 0.246 e. The molecule has 4 nitrogen and oxygen atoms in total. The lowest BCUT2D eigenvalue weighted by Gasteiger charge is -1.96. The highest BCUT2D eigenvalue weighted by Gasteiger charge is 2.18. The molecule has 19 heavy (non-hydrogen) atoms. The summed E-state index contributed by atoms with van der Waals surface area (Å²) in [4.78, 5) is 12.4. The largest absolute Gasteiger partial charge is 0.453 e. The van der Waals surface area contributed by atoms with E-state index in [4.69, 9.17) is 4.42 Å². The third-order valence-corrected chi connectivity index (χ3v) is 3.13. The Balaban J connectivity index is 2.09. The molecule has 96 valence electrons. The summed E-state index contributed by atoms with van der Waals surface area (Å²) >= 11 is 0. The van der Waals surface area contributed by atoms with Crippen molar-refractivity contribution < 1.29 is 9.21 Å². The van der Waals surface area contributed by atoms with Crippen LogP contribution in [0.25, 0.3) is 11.0 Å². The van der Waals surface area contributed by atoms with Crippen LogP contribution in [0.5, 0.6) is 0 Å². The summed E-state index contributed by atoms with van der Waals surface area (Å²) in [5.41, 5.74) is 3.22. The second-order valence-electron chi connectivity index (χ2n) is 4.78. The number of aryl methyl sites for hydroxylation is 3. The standard InChI is InChI=1S/C15H14N2O2/c1-9-4-5-13-11(6-9)8-14(19-13)15(18)12-7-10(2)16-17(12)3/h4-8H,1-3H3. The fraction of sp³-hybridized carbons (Fsp3) is 0.200. The molecular weight excluding hydrogens is 240 g/mol. The Morgan fingerprint density at radius 3 is 2.68 bits per heavy atom. The van der Waals surface area contributed by atoms with Crippen LogP contribution in [-0.2, 0) is 7.05 Å². The second-order valence-corrected chi connectivity index (χ2v) is 4.78. The molecule has 0 radical (unpaired) electrons. The maximum atomic E-state index is 12.4. The van der Waals surface area contributed by atoms with Gasteiger partial charge in [-0.2, -0.15) is 5.10 Å². The van der Waals surface area contributed by atoms with Crippen LogP contribution in [0.2, 0.25) is 0 Å². The minimum atomic E-state index is -0.142. The first-order valence-electron chi connectivity index (χ1n) is 6.10. The molecule has 4 heteroatoms. The normalized spacial score (nSPS) is 11.1. The van der Waals surface area contributed by atoms with Crippen LogP contribution in [0.4, 0.5) is 0 Å². The molecule has 0 bridgehead atoms. The van der Waals surface area contributed by atoms with Crippen LogP contribution in [-0.4, -0.2) is 15.6 Å². The van der Waals surface area contributed by atoms with E-state index in [1.807, 2.05) is 32.0 Å². The predicted molar refractivity (Wildman–Crippen MR) is 72.3 cm³/mol. The summed E-state index contributed by atoms with van der Waals surface area (Å²) in [7, 11) is 1.76. The molecule has 2 heterocycles. The van der Waals surface area contributed by atoms with Crippen LogP contribution in [0, 0.1) is 13.8 Å². The molecule has 2 aromatic heterocycles. The van der Waals surface area contributed by atoms with E-state index >= 15 is 0 Å². The number of rotatable bonds is 2. The van der Waals surface area contributed by atoms with Gasteiger partial charge < -0.3 is 4.42 Å². The molecule has 3 rings (SSSR count). The lowest BCUT2D eigenvalue weighted by Crippen LogP contribution is -2.07. The number of aromatic nitrogens is 2. The topological polar surface area (TPSA) is 48.0 Å². The first-order valence-corrected chi connectivity index (χ1v) is 6.10. The summed E-state index contributed by atoms with van der Waals surface area (Å²) in [6.07, 6.45) is 0. The van der Waals surface area contributed by atoms with Gasteiger partial charge in [-0.1, -0.05) is 11.6 Å². The van der Waals surface area contributed by atoms with E-state index in [9.17, 15) is 4.79 Å². The zero-order valence-electron chi connectivity index (χ0n) is 11.1. The van der Waals surface area contributed by atoms with Crippen molar-refractivity contribution in [1.82, 2.24) is 9.78 Å². The number of hydrogen-bond donors (Lipinski definition) is 0. The molecule has 0 spiro atoms. The van der Waals surface area contributed by atoms with Gasteiger partial charge in [-0.15, -0.1) is 0 Å². The van der Waals surface area contributed by atoms with Crippen LogP contribution < -0.4 is 0 Å². The molecule has 0 fully saturated rings.